The highest BCUT2D eigenvalue weighted by Crippen LogP contribution is 2.22. The summed E-state index contributed by atoms with van der Waals surface area (Å²) in [6.45, 7) is 2.72. The summed E-state index contributed by atoms with van der Waals surface area (Å²) in [5, 5.41) is 8.79. The van der Waals surface area contributed by atoms with Crippen molar-refractivity contribution in [3.05, 3.63) is 28.0 Å². The van der Waals surface area contributed by atoms with Gasteiger partial charge in [-0.05, 0) is 27.6 Å². The van der Waals surface area contributed by atoms with Gasteiger partial charge >= 0.3 is 0 Å². The minimum absolute atomic E-state index is 0.217. The van der Waals surface area contributed by atoms with Crippen molar-refractivity contribution in [2.45, 2.75) is 13.1 Å². The molecule has 2 heterocycles. The zero-order valence-electron chi connectivity index (χ0n) is 7.20. The molecule has 0 saturated carbocycles. The molecule has 0 bridgehead atoms. The van der Waals surface area contributed by atoms with Gasteiger partial charge in [-0.25, -0.2) is 0 Å². The Morgan fingerprint density at radius 3 is 3.15 bits per heavy atom. The van der Waals surface area contributed by atoms with E-state index in [0.29, 0.717) is 0 Å². The van der Waals surface area contributed by atoms with Crippen molar-refractivity contribution in [2.75, 3.05) is 13.2 Å². The molecule has 0 unspecified atom stereocenters. The summed E-state index contributed by atoms with van der Waals surface area (Å²) in [4.78, 5) is 6.51. The fourth-order valence-corrected chi connectivity index (χ4v) is 1.98. The van der Waals surface area contributed by atoms with Gasteiger partial charge in [0.15, 0.2) is 0 Å². The summed E-state index contributed by atoms with van der Waals surface area (Å²) < 4.78 is 1.03. The van der Waals surface area contributed by atoms with Crippen LogP contribution in [0, 0.1) is 0 Å². The molecule has 0 fully saturated rings. The van der Waals surface area contributed by atoms with Crippen LogP contribution in [0.3, 0.4) is 0 Å². The number of halogens is 1. The fourth-order valence-electron chi connectivity index (χ4n) is 1.60. The molecule has 0 radical (unpaired) electrons. The highest BCUT2D eigenvalue weighted by Gasteiger charge is 2.19. The zero-order valence-corrected chi connectivity index (χ0v) is 8.79. The largest absolute Gasteiger partial charge is 0.395 e. The standard InChI is InChI=1S/C9H11BrN2O/c10-8-3-7-5-12(1-2-13)6-9(7)11-4-8/h3-4,13H,1-2,5-6H2. The third-order valence-electron chi connectivity index (χ3n) is 2.21. The first kappa shape index (κ1) is 9.12. The van der Waals surface area contributed by atoms with Crippen molar-refractivity contribution in [1.82, 2.24) is 9.88 Å². The van der Waals surface area contributed by atoms with Gasteiger partial charge in [0.2, 0.25) is 0 Å². The Bertz CT molecular complexity index is 316. The van der Waals surface area contributed by atoms with Gasteiger partial charge < -0.3 is 5.11 Å². The van der Waals surface area contributed by atoms with Gasteiger partial charge in [-0.15, -0.1) is 0 Å². The maximum atomic E-state index is 8.79. The smallest absolute Gasteiger partial charge is 0.0589 e. The summed E-state index contributed by atoms with van der Waals surface area (Å²) in [6, 6.07) is 2.10. The summed E-state index contributed by atoms with van der Waals surface area (Å²) >= 11 is 3.39. The van der Waals surface area contributed by atoms with E-state index in [2.05, 4.69) is 31.9 Å². The van der Waals surface area contributed by atoms with E-state index in [4.69, 9.17) is 5.11 Å². The van der Waals surface area contributed by atoms with E-state index in [9.17, 15) is 0 Å². The molecule has 1 aromatic heterocycles. The number of aliphatic hydroxyl groups excluding tert-OH is 1. The first-order valence-corrected chi connectivity index (χ1v) is 5.05. The van der Waals surface area contributed by atoms with Crippen molar-refractivity contribution >= 4 is 15.9 Å². The molecule has 13 heavy (non-hydrogen) atoms. The van der Waals surface area contributed by atoms with Crippen LogP contribution in [0.1, 0.15) is 11.3 Å². The van der Waals surface area contributed by atoms with Crippen molar-refractivity contribution in [2.24, 2.45) is 0 Å². The number of pyridine rings is 1. The lowest BCUT2D eigenvalue weighted by atomic mass is 10.2. The minimum Gasteiger partial charge on any atom is -0.395 e. The van der Waals surface area contributed by atoms with E-state index in [1.165, 1.54) is 5.56 Å². The van der Waals surface area contributed by atoms with E-state index in [0.717, 1.165) is 29.8 Å². The Labute approximate surface area is 85.5 Å². The van der Waals surface area contributed by atoms with E-state index in [1.54, 1.807) is 0 Å². The Morgan fingerprint density at radius 2 is 2.38 bits per heavy atom. The molecule has 1 aliphatic heterocycles. The summed E-state index contributed by atoms with van der Waals surface area (Å²) in [6.07, 6.45) is 1.82. The Kier molecular flexibility index (Phi) is 2.62. The van der Waals surface area contributed by atoms with Crippen LogP contribution in [0.4, 0.5) is 0 Å². The number of rotatable bonds is 2. The van der Waals surface area contributed by atoms with Crippen molar-refractivity contribution in [3.63, 3.8) is 0 Å². The van der Waals surface area contributed by atoms with Gasteiger partial charge in [0.05, 0.1) is 12.3 Å². The van der Waals surface area contributed by atoms with Crippen molar-refractivity contribution < 1.29 is 5.11 Å². The lowest BCUT2D eigenvalue weighted by Gasteiger charge is -2.10. The van der Waals surface area contributed by atoms with Crippen LogP contribution in [0.25, 0.3) is 0 Å². The third-order valence-corrected chi connectivity index (χ3v) is 2.64. The maximum absolute atomic E-state index is 8.79. The van der Waals surface area contributed by atoms with Gasteiger partial charge in [0, 0.05) is 30.3 Å². The van der Waals surface area contributed by atoms with Gasteiger partial charge in [-0.2, -0.15) is 0 Å². The van der Waals surface area contributed by atoms with Crippen LogP contribution in [0.5, 0.6) is 0 Å². The second-order valence-electron chi connectivity index (χ2n) is 3.19. The van der Waals surface area contributed by atoms with E-state index < -0.39 is 0 Å². The first-order chi connectivity index (χ1) is 6.29. The van der Waals surface area contributed by atoms with E-state index in [1.807, 2.05) is 6.20 Å². The number of aromatic nitrogens is 1. The second kappa shape index (κ2) is 3.74. The van der Waals surface area contributed by atoms with Gasteiger partial charge in [0.25, 0.3) is 0 Å². The molecule has 0 atom stereocenters. The molecule has 0 saturated heterocycles. The number of fused-ring (bicyclic) bond motifs is 1. The number of hydrogen-bond donors (Lipinski definition) is 1. The molecular formula is C9H11BrN2O. The highest BCUT2D eigenvalue weighted by molar-refractivity contribution is 9.10. The number of hydrogen-bond acceptors (Lipinski definition) is 3. The molecule has 0 aliphatic carbocycles. The average Bonchev–Trinajstić information content (AvgIpc) is 2.46. The number of nitrogens with zero attached hydrogens (tertiary/aromatic N) is 2. The molecule has 0 amide bonds. The van der Waals surface area contributed by atoms with Gasteiger partial charge in [0.1, 0.15) is 0 Å². The predicted molar refractivity (Wildman–Crippen MR) is 53.1 cm³/mol. The molecule has 1 aliphatic rings. The van der Waals surface area contributed by atoms with Crippen LogP contribution in [-0.2, 0) is 13.1 Å². The molecule has 70 valence electrons. The lowest BCUT2D eigenvalue weighted by molar-refractivity contribution is 0.197. The quantitative estimate of drug-likeness (QED) is 0.846. The molecule has 3 nitrogen and oxygen atoms in total. The highest BCUT2D eigenvalue weighted by atomic mass is 79.9. The first-order valence-electron chi connectivity index (χ1n) is 4.26. The average molecular weight is 243 g/mol. The van der Waals surface area contributed by atoms with Crippen molar-refractivity contribution in [3.8, 4) is 0 Å². The maximum Gasteiger partial charge on any atom is 0.0589 e. The molecule has 0 aromatic carbocycles. The van der Waals surface area contributed by atoms with Crippen LogP contribution in [0.2, 0.25) is 0 Å². The van der Waals surface area contributed by atoms with E-state index in [-0.39, 0.29) is 6.61 Å². The van der Waals surface area contributed by atoms with Gasteiger partial charge in [-0.1, -0.05) is 0 Å². The summed E-state index contributed by atoms with van der Waals surface area (Å²) in [5.74, 6) is 0. The normalized spacial score (nSPS) is 16.2. The number of aliphatic hydroxyl groups is 1. The Balaban J connectivity index is 2.16. The predicted octanol–water partition coefficient (Wildman–Crippen LogP) is 1.15. The minimum atomic E-state index is 0.217. The van der Waals surface area contributed by atoms with Crippen LogP contribution < -0.4 is 0 Å². The third kappa shape index (κ3) is 1.90. The second-order valence-corrected chi connectivity index (χ2v) is 4.11. The summed E-state index contributed by atoms with van der Waals surface area (Å²) in [7, 11) is 0. The SMILES string of the molecule is OCCN1Cc2cc(Br)cnc2C1. The zero-order chi connectivity index (χ0) is 9.26. The Hall–Kier alpha value is -0.450. The van der Waals surface area contributed by atoms with Crippen molar-refractivity contribution in [1.29, 1.82) is 0 Å². The van der Waals surface area contributed by atoms with Crippen LogP contribution >= 0.6 is 15.9 Å². The number of β-amino-alcohol motifs (C(OH)–C–C–N with tert-alkyl or cyclic N) is 1. The Morgan fingerprint density at radius 1 is 1.54 bits per heavy atom. The fraction of sp³-hybridized carbons (Fsp3) is 0.444. The molecule has 2 rings (SSSR count). The molecular weight excluding hydrogens is 232 g/mol. The van der Waals surface area contributed by atoms with Crippen LogP contribution in [0.15, 0.2) is 16.7 Å². The molecule has 4 heteroatoms. The van der Waals surface area contributed by atoms with Gasteiger partial charge in [-0.3, -0.25) is 9.88 Å². The molecule has 1 N–H and O–H groups in total. The molecule has 1 aromatic rings. The van der Waals surface area contributed by atoms with E-state index >= 15 is 0 Å². The monoisotopic (exact) mass is 242 g/mol. The van der Waals surface area contributed by atoms with Crippen LogP contribution in [-0.4, -0.2) is 28.1 Å². The molecule has 0 spiro atoms. The summed E-state index contributed by atoms with van der Waals surface area (Å²) in [5.41, 5.74) is 2.40. The topological polar surface area (TPSA) is 36.4 Å². The lowest BCUT2D eigenvalue weighted by Crippen LogP contribution is -2.20.